The summed E-state index contributed by atoms with van der Waals surface area (Å²) in [5.41, 5.74) is 0.259. The zero-order chi connectivity index (χ0) is 10.5. The highest BCUT2D eigenvalue weighted by Crippen LogP contribution is 2.71. The van der Waals surface area contributed by atoms with E-state index < -0.39 is 7.14 Å². The highest BCUT2D eigenvalue weighted by molar-refractivity contribution is 7.65. The molecule has 0 radical (unpaired) electrons. The third kappa shape index (κ3) is 1.40. The van der Waals surface area contributed by atoms with Gasteiger partial charge in [0.15, 0.2) is 0 Å². The molecule has 1 nitrogen and oxygen atoms in total. The van der Waals surface area contributed by atoms with Crippen LogP contribution in [0.3, 0.4) is 0 Å². The van der Waals surface area contributed by atoms with Crippen LogP contribution in [0.1, 0.15) is 41.5 Å². The second kappa shape index (κ2) is 2.86. The lowest BCUT2D eigenvalue weighted by molar-refractivity contribution is 0.248. The Hall–Kier alpha value is 0.230. The van der Waals surface area contributed by atoms with Crippen LogP contribution in [-0.4, -0.2) is 17.5 Å². The molecule has 1 aliphatic rings. The van der Waals surface area contributed by atoms with Crippen molar-refractivity contribution < 1.29 is 4.57 Å². The first-order chi connectivity index (χ1) is 5.67. The summed E-state index contributed by atoms with van der Waals surface area (Å²) in [7, 11) is -1.93. The molecule has 0 saturated carbocycles. The number of hydrogen-bond donors (Lipinski definition) is 0. The fourth-order valence-corrected chi connectivity index (χ4v) is 6.92. The molecule has 0 amide bonds. The summed E-state index contributed by atoms with van der Waals surface area (Å²) in [4.78, 5) is 0. The van der Waals surface area contributed by atoms with Crippen molar-refractivity contribution in [3.8, 4) is 0 Å². The van der Waals surface area contributed by atoms with E-state index in [1.807, 2.05) is 0 Å². The summed E-state index contributed by atoms with van der Waals surface area (Å²) in [5.74, 6) is 0.561. The van der Waals surface area contributed by atoms with Crippen LogP contribution >= 0.6 is 7.14 Å². The Morgan fingerprint density at radius 2 is 1.77 bits per heavy atom. The lowest BCUT2D eigenvalue weighted by Gasteiger charge is -2.33. The highest BCUT2D eigenvalue weighted by atomic mass is 31.2. The first-order valence-corrected chi connectivity index (χ1v) is 7.33. The summed E-state index contributed by atoms with van der Waals surface area (Å²) >= 11 is 0. The van der Waals surface area contributed by atoms with Gasteiger partial charge in [0, 0.05) is 11.3 Å². The Balaban J connectivity index is 3.15. The van der Waals surface area contributed by atoms with Gasteiger partial charge in [-0.2, -0.15) is 0 Å². The van der Waals surface area contributed by atoms with Gasteiger partial charge in [-0.05, 0) is 17.5 Å². The van der Waals surface area contributed by atoms with Crippen LogP contribution < -0.4 is 0 Å². The van der Waals surface area contributed by atoms with Crippen molar-refractivity contribution in [2.75, 3.05) is 12.3 Å². The van der Waals surface area contributed by atoms with Crippen LogP contribution in [0.25, 0.3) is 0 Å². The minimum Gasteiger partial charge on any atom is -0.323 e. The minimum absolute atomic E-state index is 0.0469. The molecule has 2 unspecified atom stereocenters. The second-order valence-corrected chi connectivity index (χ2v) is 9.61. The maximum atomic E-state index is 12.7. The summed E-state index contributed by atoms with van der Waals surface area (Å²) in [6.45, 7) is 13.2. The topological polar surface area (TPSA) is 17.1 Å². The van der Waals surface area contributed by atoms with Gasteiger partial charge in [0.05, 0.1) is 7.14 Å². The van der Waals surface area contributed by atoms with Crippen LogP contribution in [0.5, 0.6) is 0 Å². The van der Waals surface area contributed by atoms with E-state index in [0.29, 0.717) is 5.92 Å². The average molecular weight is 202 g/mol. The summed E-state index contributed by atoms with van der Waals surface area (Å²) in [5, 5.41) is 0.0469. The van der Waals surface area contributed by atoms with Crippen LogP contribution in [0.4, 0.5) is 0 Å². The van der Waals surface area contributed by atoms with Crippen molar-refractivity contribution in [1.29, 1.82) is 0 Å². The Morgan fingerprint density at radius 3 is 1.92 bits per heavy atom. The van der Waals surface area contributed by atoms with Gasteiger partial charge in [0.2, 0.25) is 0 Å². The Kier molecular flexibility index (Phi) is 2.49. The summed E-state index contributed by atoms with van der Waals surface area (Å²) < 4.78 is 12.7. The molecule has 0 aromatic carbocycles. The zero-order valence-electron chi connectivity index (χ0n) is 9.85. The lowest BCUT2D eigenvalue weighted by Crippen LogP contribution is -2.30. The Morgan fingerprint density at radius 1 is 1.31 bits per heavy atom. The molecule has 0 aromatic heterocycles. The molecule has 13 heavy (non-hydrogen) atoms. The van der Waals surface area contributed by atoms with Gasteiger partial charge in [0.25, 0.3) is 0 Å². The summed E-state index contributed by atoms with van der Waals surface area (Å²) in [6, 6.07) is 0. The van der Waals surface area contributed by atoms with E-state index in [9.17, 15) is 4.57 Å². The first kappa shape index (κ1) is 11.3. The molecule has 0 aliphatic carbocycles. The van der Waals surface area contributed by atoms with E-state index in [1.165, 1.54) is 0 Å². The van der Waals surface area contributed by atoms with Crippen LogP contribution in [0.15, 0.2) is 0 Å². The van der Waals surface area contributed by atoms with Gasteiger partial charge in [0.1, 0.15) is 0 Å². The highest BCUT2D eigenvalue weighted by Gasteiger charge is 2.56. The fourth-order valence-electron chi connectivity index (χ4n) is 2.83. The van der Waals surface area contributed by atoms with Crippen molar-refractivity contribution in [2.45, 2.75) is 46.7 Å². The molecule has 0 spiro atoms. The van der Waals surface area contributed by atoms with E-state index >= 15 is 0 Å². The molecular weight excluding hydrogens is 179 g/mol. The predicted molar refractivity (Wildman–Crippen MR) is 60.0 cm³/mol. The average Bonchev–Trinajstić information content (AvgIpc) is 2.11. The molecule has 1 heterocycles. The molecule has 1 fully saturated rings. The predicted octanol–water partition coefficient (Wildman–Crippen LogP) is 3.82. The molecule has 0 aromatic rings. The van der Waals surface area contributed by atoms with E-state index in [-0.39, 0.29) is 10.6 Å². The van der Waals surface area contributed by atoms with Gasteiger partial charge in [-0.15, -0.1) is 0 Å². The minimum atomic E-state index is -1.93. The van der Waals surface area contributed by atoms with E-state index in [2.05, 4.69) is 41.5 Å². The van der Waals surface area contributed by atoms with Gasteiger partial charge < -0.3 is 4.57 Å². The zero-order valence-corrected chi connectivity index (χ0v) is 10.7. The third-order valence-electron chi connectivity index (χ3n) is 4.46. The maximum absolute atomic E-state index is 12.7. The lowest BCUT2D eigenvalue weighted by atomic mass is 9.76. The maximum Gasteiger partial charge on any atom is 0.0935 e. The number of rotatable bonds is 1. The normalized spacial score (nSPS) is 42.2. The SMILES string of the molecule is CCP1(=O)CC(C)(C)C(C)C1(C)C. The molecule has 1 rings (SSSR count). The Bertz CT molecular complexity index is 253. The van der Waals surface area contributed by atoms with Gasteiger partial charge in [-0.25, -0.2) is 0 Å². The smallest absolute Gasteiger partial charge is 0.0935 e. The second-order valence-electron chi connectivity index (χ2n) is 5.73. The van der Waals surface area contributed by atoms with Crippen molar-refractivity contribution >= 4 is 7.14 Å². The van der Waals surface area contributed by atoms with Crippen molar-refractivity contribution in [1.82, 2.24) is 0 Å². The van der Waals surface area contributed by atoms with Gasteiger partial charge in [-0.3, -0.25) is 0 Å². The Labute approximate surface area is 82.7 Å². The van der Waals surface area contributed by atoms with Crippen LogP contribution in [0.2, 0.25) is 0 Å². The van der Waals surface area contributed by atoms with E-state index in [1.54, 1.807) is 0 Å². The van der Waals surface area contributed by atoms with Crippen molar-refractivity contribution in [2.24, 2.45) is 11.3 Å². The van der Waals surface area contributed by atoms with Crippen LogP contribution in [-0.2, 0) is 4.57 Å². The number of hydrogen-bond acceptors (Lipinski definition) is 1. The monoisotopic (exact) mass is 202 g/mol. The molecule has 1 saturated heterocycles. The molecule has 2 atom stereocenters. The molecule has 78 valence electrons. The van der Waals surface area contributed by atoms with Crippen molar-refractivity contribution in [3.63, 3.8) is 0 Å². The van der Waals surface area contributed by atoms with Gasteiger partial charge >= 0.3 is 0 Å². The summed E-state index contributed by atoms with van der Waals surface area (Å²) in [6.07, 6.45) is 1.80. The molecular formula is C11H23OP. The largest absolute Gasteiger partial charge is 0.323 e. The van der Waals surface area contributed by atoms with E-state index in [0.717, 1.165) is 12.3 Å². The molecule has 1 aliphatic heterocycles. The van der Waals surface area contributed by atoms with E-state index in [4.69, 9.17) is 0 Å². The van der Waals surface area contributed by atoms with Crippen LogP contribution in [0, 0.1) is 11.3 Å². The molecule has 0 N–H and O–H groups in total. The first-order valence-electron chi connectivity index (χ1n) is 5.25. The van der Waals surface area contributed by atoms with Crippen molar-refractivity contribution in [3.05, 3.63) is 0 Å². The molecule has 0 bridgehead atoms. The molecule has 2 heteroatoms. The van der Waals surface area contributed by atoms with Gasteiger partial charge in [-0.1, -0.05) is 41.5 Å². The quantitative estimate of drug-likeness (QED) is 0.591. The third-order valence-corrected chi connectivity index (χ3v) is 9.29. The fraction of sp³-hybridized carbons (Fsp3) is 1.00. The standard InChI is InChI=1S/C11H23OP/c1-7-13(12)8-10(3,4)9(2)11(13,5)6/h9H,7-8H2,1-6H3.